The predicted molar refractivity (Wildman–Crippen MR) is 216 cm³/mol. The van der Waals surface area contributed by atoms with Gasteiger partial charge in [-0.2, -0.15) is 27.3 Å². The summed E-state index contributed by atoms with van der Waals surface area (Å²) in [5.74, 6) is -0.854. The van der Waals surface area contributed by atoms with Crippen LogP contribution in [0.5, 0.6) is 0 Å². The number of halogens is 3. The van der Waals surface area contributed by atoms with Gasteiger partial charge in [-0.3, -0.25) is 0 Å². The average Bonchev–Trinajstić information content (AvgIpc) is 3.90. The van der Waals surface area contributed by atoms with Crippen molar-refractivity contribution in [2.24, 2.45) is 0 Å². The Morgan fingerprint density at radius 1 is 0.789 bits per heavy atom. The summed E-state index contributed by atoms with van der Waals surface area (Å²) >= 11 is 0. The van der Waals surface area contributed by atoms with Gasteiger partial charge in [0.25, 0.3) is 11.5 Å². The molecule has 11 rings (SSSR count). The zero-order chi connectivity index (χ0) is 39.1. The van der Waals surface area contributed by atoms with Crippen molar-refractivity contribution in [1.82, 2.24) is 19.3 Å². The molecule has 0 amide bonds. The van der Waals surface area contributed by atoms with Gasteiger partial charge in [0.15, 0.2) is 11.7 Å². The molecule has 3 atom stereocenters. The van der Waals surface area contributed by atoms with E-state index in [4.69, 9.17) is 0 Å². The molecule has 3 unspecified atom stereocenters. The first-order valence-electron chi connectivity index (χ1n) is 20.3. The molecule has 0 N–H and O–H groups in total. The minimum absolute atomic E-state index is 0.251. The summed E-state index contributed by atoms with van der Waals surface area (Å²) in [7, 11) is 0. The highest BCUT2D eigenvalue weighted by Crippen LogP contribution is 2.70. The molecular weight excluding hydrogens is 718 g/mol. The average molecular weight is 761 g/mol. The first kappa shape index (κ1) is 34.4. The molecule has 2 aliphatic heterocycles. The Bertz CT molecular complexity index is 2990. The van der Waals surface area contributed by atoms with Crippen LogP contribution in [0.25, 0.3) is 61.2 Å². The number of hydrogen-bond donors (Lipinski definition) is 0. The number of para-hydroxylation sites is 2. The summed E-state index contributed by atoms with van der Waals surface area (Å²) in [5.41, 5.74) is 8.45. The molecule has 0 saturated heterocycles. The molecule has 6 nitrogen and oxygen atoms in total. The largest absolute Gasteiger partial charge is 0.453 e. The van der Waals surface area contributed by atoms with E-state index in [1.807, 2.05) is 24.4 Å². The second kappa shape index (κ2) is 11.6. The molecule has 1 spiro atoms. The molecule has 0 bridgehead atoms. The maximum Gasteiger partial charge on any atom is 0.453 e. The Morgan fingerprint density at radius 3 is 2.37 bits per heavy atom. The topological polar surface area (TPSA) is 43.4 Å². The fourth-order valence-corrected chi connectivity index (χ4v) is 11.8. The Morgan fingerprint density at radius 2 is 1.58 bits per heavy atom. The van der Waals surface area contributed by atoms with Crippen LogP contribution < -0.4 is 9.13 Å². The summed E-state index contributed by atoms with van der Waals surface area (Å²) in [6, 6.07) is 38.7. The maximum atomic E-state index is 14.8. The van der Waals surface area contributed by atoms with Crippen LogP contribution in [0.4, 0.5) is 13.2 Å². The van der Waals surface area contributed by atoms with Crippen molar-refractivity contribution in [3.05, 3.63) is 138 Å². The molecule has 1 aliphatic carbocycles. The third kappa shape index (κ3) is 4.02. The quantitative estimate of drug-likeness (QED) is 0.158. The lowest BCUT2D eigenvalue weighted by Gasteiger charge is -2.63. The second-order valence-corrected chi connectivity index (χ2v) is 16.3. The Labute approximate surface area is 328 Å². The van der Waals surface area contributed by atoms with E-state index in [-0.39, 0.29) is 5.82 Å². The van der Waals surface area contributed by atoms with Crippen molar-refractivity contribution >= 4 is 32.7 Å². The minimum Gasteiger partial charge on any atom is -0.309 e. The van der Waals surface area contributed by atoms with Crippen LogP contribution in [0.2, 0.25) is 0 Å². The van der Waals surface area contributed by atoms with E-state index in [1.165, 1.54) is 5.56 Å². The zero-order valence-electron chi connectivity index (χ0n) is 32.5. The molecule has 57 heavy (non-hydrogen) atoms. The standard InChI is InChI=1S/C48H43F3N6/c1-5-8-16-31-17-15-18-32(28-31)55-36-21-11-10-20-34(36)41-38(55)25-24-35-42(41)40-27-30(4)33-19-9-12-22-37(33)56(40)46(35)29-45(6-2)47(46,7-3)57-43(39-23-13-14-26-54(39)45)52-44(53-57)48(49,50)51/h9-15,17-28H,5-8,16,29H2,1-4H3/q+2. The lowest BCUT2D eigenvalue weighted by molar-refractivity contribution is -0.856. The number of aryl methyl sites for hydroxylation is 2. The Balaban J connectivity index is 1.30. The van der Waals surface area contributed by atoms with E-state index < -0.39 is 28.6 Å². The number of hydrogen-bond acceptors (Lipinski definition) is 2. The van der Waals surface area contributed by atoms with Gasteiger partial charge in [-0.1, -0.05) is 69.7 Å². The van der Waals surface area contributed by atoms with E-state index in [0.29, 0.717) is 25.0 Å². The van der Waals surface area contributed by atoms with Gasteiger partial charge in [0.1, 0.15) is 0 Å². The molecule has 0 radical (unpaired) electrons. The molecule has 9 heteroatoms. The molecule has 1 fully saturated rings. The molecule has 4 aromatic carbocycles. The van der Waals surface area contributed by atoms with Gasteiger partial charge in [0.2, 0.25) is 28.1 Å². The lowest BCUT2D eigenvalue weighted by atomic mass is 9.43. The highest BCUT2D eigenvalue weighted by atomic mass is 19.4. The van der Waals surface area contributed by atoms with Crippen molar-refractivity contribution in [2.75, 3.05) is 0 Å². The van der Waals surface area contributed by atoms with Crippen LogP contribution >= 0.6 is 0 Å². The highest BCUT2D eigenvalue weighted by molar-refractivity contribution is 6.16. The maximum absolute atomic E-state index is 14.8. The van der Waals surface area contributed by atoms with Crippen molar-refractivity contribution in [1.29, 1.82) is 0 Å². The number of fused-ring (bicyclic) bond motifs is 18. The van der Waals surface area contributed by atoms with Crippen molar-refractivity contribution < 1.29 is 22.3 Å². The summed E-state index contributed by atoms with van der Waals surface area (Å²) in [6.07, 6.45) is 2.49. The Hall–Kier alpha value is -5.83. The smallest absolute Gasteiger partial charge is 0.309 e. The predicted octanol–water partition coefficient (Wildman–Crippen LogP) is 10.5. The van der Waals surface area contributed by atoms with Gasteiger partial charge in [-0.15, -0.1) is 5.10 Å². The molecule has 3 aliphatic rings. The van der Waals surface area contributed by atoms with E-state index >= 15 is 0 Å². The van der Waals surface area contributed by atoms with E-state index in [9.17, 15) is 13.2 Å². The number of aromatic nitrogens is 6. The van der Waals surface area contributed by atoms with Crippen LogP contribution in [0.3, 0.4) is 0 Å². The summed E-state index contributed by atoms with van der Waals surface area (Å²) in [6.45, 7) is 8.70. The second-order valence-electron chi connectivity index (χ2n) is 16.3. The monoisotopic (exact) mass is 760 g/mol. The number of unbranched alkanes of at least 4 members (excludes halogenated alkanes) is 1. The summed E-state index contributed by atoms with van der Waals surface area (Å²) in [5, 5.41) is 7.96. The molecule has 8 aromatic rings. The zero-order valence-corrected chi connectivity index (χ0v) is 32.5. The number of pyridine rings is 2. The SMILES string of the molecule is CCCCc1cccc(-n2c3ccccc3c3c4c(ccc32)C2(CC3(CC)[n+]5ccccc5-c5nc(C(F)(F)F)nn5C32CC)[n+]2c-4cc(C)c3ccccc32)c1. The van der Waals surface area contributed by atoms with Crippen LogP contribution in [0.15, 0.2) is 115 Å². The van der Waals surface area contributed by atoms with Crippen molar-refractivity contribution in [2.45, 2.75) is 89.0 Å². The minimum atomic E-state index is -4.71. The van der Waals surface area contributed by atoms with Crippen molar-refractivity contribution in [3.8, 4) is 28.5 Å². The summed E-state index contributed by atoms with van der Waals surface area (Å²) < 4.78 is 53.2. The molecule has 1 saturated carbocycles. The van der Waals surface area contributed by atoms with Crippen LogP contribution in [0.1, 0.15) is 75.4 Å². The molecule has 284 valence electrons. The fraction of sp³-hybridized carbons (Fsp3) is 0.292. The first-order valence-corrected chi connectivity index (χ1v) is 20.3. The van der Waals surface area contributed by atoms with Crippen LogP contribution in [0, 0.1) is 6.92 Å². The van der Waals surface area contributed by atoms with E-state index in [1.54, 1.807) is 4.68 Å². The van der Waals surface area contributed by atoms with Crippen molar-refractivity contribution in [3.63, 3.8) is 0 Å². The highest BCUT2D eigenvalue weighted by Gasteiger charge is 2.89. The molecule has 6 heterocycles. The lowest BCUT2D eigenvalue weighted by Crippen LogP contribution is -2.92. The molecular formula is C48H43F3N6+2. The fourth-order valence-electron chi connectivity index (χ4n) is 11.8. The third-order valence-electron chi connectivity index (χ3n) is 13.9. The molecule has 4 aromatic heterocycles. The van der Waals surface area contributed by atoms with Crippen LogP contribution in [-0.2, 0) is 29.2 Å². The van der Waals surface area contributed by atoms with Gasteiger partial charge in [0, 0.05) is 58.1 Å². The number of nitrogens with zero attached hydrogens (tertiary/aromatic N) is 6. The number of benzene rings is 4. The van der Waals surface area contributed by atoms with E-state index in [2.05, 4.69) is 142 Å². The number of rotatable bonds is 6. The van der Waals surface area contributed by atoms with Crippen LogP contribution in [-0.4, -0.2) is 19.3 Å². The Kier molecular flexibility index (Phi) is 7.02. The van der Waals surface area contributed by atoms with Gasteiger partial charge in [-0.05, 0) is 79.8 Å². The normalized spacial score (nSPS) is 21.7. The van der Waals surface area contributed by atoms with Gasteiger partial charge < -0.3 is 4.57 Å². The van der Waals surface area contributed by atoms with E-state index in [0.717, 1.165) is 80.0 Å². The third-order valence-corrected chi connectivity index (χ3v) is 13.9. The van der Waals surface area contributed by atoms with Gasteiger partial charge >= 0.3 is 6.18 Å². The summed E-state index contributed by atoms with van der Waals surface area (Å²) in [4.78, 5) is 4.33. The van der Waals surface area contributed by atoms with Gasteiger partial charge in [0.05, 0.1) is 23.0 Å². The van der Waals surface area contributed by atoms with Gasteiger partial charge in [-0.25, -0.2) is 4.68 Å². The number of alkyl halides is 3. The first-order chi connectivity index (χ1) is 27.6.